The Kier molecular flexibility index (Phi) is 5.73. The molecule has 1 saturated carbocycles. The number of anilines is 3. The van der Waals surface area contributed by atoms with Crippen molar-refractivity contribution < 1.29 is 22.7 Å². The molecule has 2 fully saturated rings. The summed E-state index contributed by atoms with van der Waals surface area (Å²) in [4.78, 5) is 24.4. The molecule has 5 rings (SSSR count). The molecule has 3 aliphatic rings. The van der Waals surface area contributed by atoms with Crippen molar-refractivity contribution in [3.63, 3.8) is 0 Å². The predicted octanol–water partition coefficient (Wildman–Crippen LogP) is 3.62. The van der Waals surface area contributed by atoms with Crippen molar-refractivity contribution in [2.45, 2.75) is 38.0 Å². The average molecular weight is 462 g/mol. The Morgan fingerprint density at radius 2 is 1.88 bits per heavy atom. The molecule has 33 heavy (non-hydrogen) atoms. The van der Waals surface area contributed by atoms with Crippen molar-refractivity contribution in [1.29, 1.82) is 0 Å². The molecule has 0 unspecified atom stereocenters. The van der Waals surface area contributed by atoms with Crippen molar-refractivity contribution in [2.75, 3.05) is 43.5 Å². The highest BCUT2D eigenvalue weighted by Gasteiger charge is 2.37. The molecule has 8 nitrogen and oxygen atoms in total. The molecule has 3 heterocycles. The van der Waals surface area contributed by atoms with Gasteiger partial charge in [-0.25, -0.2) is 9.78 Å². The van der Waals surface area contributed by atoms with Crippen molar-refractivity contribution in [2.24, 2.45) is 0 Å². The smallest absolute Gasteiger partial charge is 0.378 e. The lowest BCUT2D eigenvalue weighted by molar-refractivity contribution is -0.137. The molecular weight excluding hydrogens is 437 g/mol. The van der Waals surface area contributed by atoms with Gasteiger partial charge in [-0.15, -0.1) is 0 Å². The van der Waals surface area contributed by atoms with Crippen LogP contribution < -0.4 is 10.6 Å². The molecule has 1 aliphatic carbocycles. The first kappa shape index (κ1) is 21.7. The first-order chi connectivity index (χ1) is 15.9. The number of ether oxygens (including phenoxy) is 1. The molecule has 1 aromatic carbocycles. The number of hydrogen-bond donors (Lipinski definition) is 2. The third kappa shape index (κ3) is 4.97. The molecule has 11 heteroatoms. The average Bonchev–Trinajstić information content (AvgIpc) is 3.62. The van der Waals surface area contributed by atoms with Gasteiger partial charge in [0, 0.05) is 44.1 Å². The number of hydrogen-bond acceptors (Lipinski definition) is 6. The van der Waals surface area contributed by atoms with E-state index in [0.717, 1.165) is 30.2 Å². The Morgan fingerprint density at radius 1 is 1.09 bits per heavy atom. The van der Waals surface area contributed by atoms with Gasteiger partial charge < -0.3 is 25.2 Å². The number of halogens is 3. The Morgan fingerprint density at radius 3 is 2.61 bits per heavy atom. The van der Waals surface area contributed by atoms with Crippen LogP contribution in [0.2, 0.25) is 0 Å². The maximum absolute atomic E-state index is 13.3. The molecule has 0 radical (unpaired) electrons. The molecule has 1 saturated heterocycles. The summed E-state index contributed by atoms with van der Waals surface area (Å²) < 4.78 is 45.2. The van der Waals surface area contributed by atoms with E-state index in [4.69, 9.17) is 4.74 Å². The molecular formula is C22H25F3N6O2. The second-order valence-electron chi connectivity index (χ2n) is 8.53. The zero-order valence-corrected chi connectivity index (χ0v) is 18.0. The van der Waals surface area contributed by atoms with Gasteiger partial charge in [0.2, 0.25) is 5.95 Å². The number of nitrogens with zero attached hydrogens (tertiary/aromatic N) is 4. The minimum Gasteiger partial charge on any atom is -0.378 e. The van der Waals surface area contributed by atoms with E-state index in [1.165, 1.54) is 0 Å². The van der Waals surface area contributed by atoms with Crippen LogP contribution >= 0.6 is 0 Å². The maximum atomic E-state index is 13.3. The number of aromatic nitrogens is 2. The molecule has 176 valence electrons. The summed E-state index contributed by atoms with van der Waals surface area (Å²) >= 11 is 0. The van der Waals surface area contributed by atoms with Gasteiger partial charge in [-0.2, -0.15) is 18.2 Å². The fourth-order valence-electron chi connectivity index (χ4n) is 4.06. The van der Waals surface area contributed by atoms with Crippen LogP contribution in [-0.4, -0.2) is 64.7 Å². The molecule has 0 bridgehead atoms. The number of benzene rings is 1. The summed E-state index contributed by atoms with van der Waals surface area (Å²) in [5, 5.41) is 5.87. The summed E-state index contributed by atoms with van der Waals surface area (Å²) in [6.45, 7) is 3.48. The number of urea groups is 1. The van der Waals surface area contributed by atoms with Crippen LogP contribution in [0.3, 0.4) is 0 Å². The number of morpholine rings is 1. The van der Waals surface area contributed by atoms with Crippen molar-refractivity contribution >= 4 is 23.5 Å². The van der Waals surface area contributed by atoms with Gasteiger partial charge in [0.1, 0.15) is 11.4 Å². The Bertz CT molecular complexity index is 1040. The maximum Gasteiger partial charge on any atom is 0.421 e. The van der Waals surface area contributed by atoms with E-state index in [2.05, 4.69) is 20.6 Å². The fraction of sp³-hybridized carbons (Fsp3) is 0.500. The fourth-order valence-corrected chi connectivity index (χ4v) is 4.06. The molecule has 2 amide bonds. The molecule has 0 spiro atoms. The number of carbonyl (C=O) groups excluding carboxylic acids is 1. The SMILES string of the molecule is O=C(N1CCOCC1)N1CCc2cc(Nc3ncc(C(F)(F)F)c(NC4CC4)n3)ccc2C1. The zero-order valence-electron chi connectivity index (χ0n) is 18.0. The van der Waals surface area contributed by atoms with Crippen LogP contribution in [0.5, 0.6) is 0 Å². The second-order valence-corrected chi connectivity index (χ2v) is 8.53. The topological polar surface area (TPSA) is 82.6 Å². The predicted molar refractivity (Wildman–Crippen MR) is 115 cm³/mol. The Hall–Kier alpha value is -3.08. The third-order valence-electron chi connectivity index (χ3n) is 6.04. The number of fused-ring (bicyclic) bond motifs is 1. The van der Waals surface area contributed by atoms with Gasteiger partial charge in [0.05, 0.1) is 13.2 Å². The van der Waals surface area contributed by atoms with E-state index in [9.17, 15) is 18.0 Å². The van der Waals surface area contributed by atoms with E-state index in [1.54, 1.807) is 0 Å². The van der Waals surface area contributed by atoms with E-state index in [-0.39, 0.29) is 23.8 Å². The number of rotatable bonds is 4. The quantitative estimate of drug-likeness (QED) is 0.722. The first-order valence-corrected chi connectivity index (χ1v) is 11.1. The van der Waals surface area contributed by atoms with Crippen molar-refractivity contribution in [1.82, 2.24) is 19.8 Å². The molecule has 2 aromatic rings. The van der Waals surface area contributed by atoms with Crippen LogP contribution in [0, 0.1) is 0 Å². The van der Waals surface area contributed by atoms with Gasteiger partial charge in [0.25, 0.3) is 0 Å². The zero-order chi connectivity index (χ0) is 23.0. The lowest BCUT2D eigenvalue weighted by Crippen LogP contribution is -2.49. The molecule has 2 aliphatic heterocycles. The van der Waals surface area contributed by atoms with E-state index < -0.39 is 11.7 Å². The van der Waals surface area contributed by atoms with Crippen LogP contribution in [0.25, 0.3) is 0 Å². The standard InChI is InChI=1S/C22H25F3N6O2/c23-22(24,25)18-12-26-20(29-19(18)27-16-3-4-16)28-17-2-1-15-13-31(6-5-14(15)11-17)21(32)30-7-9-33-10-8-30/h1-2,11-12,16H,3-10,13H2,(H2,26,27,28,29). The number of carbonyl (C=O) groups is 1. The first-order valence-electron chi connectivity index (χ1n) is 11.1. The van der Waals surface area contributed by atoms with E-state index in [0.29, 0.717) is 51.5 Å². The number of amides is 2. The minimum absolute atomic E-state index is 0.0278. The van der Waals surface area contributed by atoms with E-state index in [1.807, 2.05) is 28.0 Å². The van der Waals surface area contributed by atoms with Crippen LogP contribution in [0.1, 0.15) is 29.5 Å². The summed E-state index contributed by atoms with van der Waals surface area (Å²) in [6.07, 6.45) is -1.34. The number of nitrogens with one attached hydrogen (secondary N) is 2. The van der Waals surface area contributed by atoms with Gasteiger partial charge >= 0.3 is 12.2 Å². The van der Waals surface area contributed by atoms with Gasteiger partial charge in [-0.1, -0.05) is 6.07 Å². The van der Waals surface area contributed by atoms with Crippen molar-refractivity contribution in [3.05, 3.63) is 41.1 Å². The van der Waals surface area contributed by atoms with Crippen LogP contribution in [-0.2, 0) is 23.9 Å². The van der Waals surface area contributed by atoms with Gasteiger partial charge in [-0.3, -0.25) is 0 Å². The van der Waals surface area contributed by atoms with Crippen LogP contribution in [0.4, 0.5) is 35.4 Å². The molecule has 0 atom stereocenters. The highest BCUT2D eigenvalue weighted by molar-refractivity contribution is 5.75. The highest BCUT2D eigenvalue weighted by atomic mass is 19.4. The summed E-state index contributed by atoms with van der Waals surface area (Å²) in [5.74, 6) is -0.0937. The number of alkyl halides is 3. The lowest BCUT2D eigenvalue weighted by atomic mass is 9.99. The largest absolute Gasteiger partial charge is 0.421 e. The summed E-state index contributed by atoms with van der Waals surface area (Å²) in [6, 6.07) is 5.77. The third-order valence-corrected chi connectivity index (χ3v) is 6.04. The lowest BCUT2D eigenvalue weighted by Gasteiger charge is -2.35. The van der Waals surface area contributed by atoms with Gasteiger partial charge in [0.15, 0.2) is 0 Å². The van der Waals surface area contributed by atoms with Crippen molar-refractivity contribution in [3.8, 4) is 0 Å². The molecule has 2 N–H and O–H groups in total. The Labute approximate surface area is 189 Å². The summed E-state index contributed by atoms with van der Waals surface area (Å²) in [5.41, 5.74) is 1.97. The monoisotopic (exact) mass is 462 g/mol. The van der Waals surface area contributed by atoms with E-state index >= 15 is 0 Å². The normalized spacial score (nSPS) is 18.6. The summed E-state index contributed by atoms with van der Waals surface area (Å²) in [7, 11) is 0. The minimum atomic E-state index is -4.52. The van der Waals surface area contributed by atoms with Gasteiger partial charge in [-0.05, 0) is 42.5 Å². The second kappa shape index (κ2) is 8.69. The Balaban J connectivity index is 1.29. The van der Waals surface area contributed by atoms with Crippen LogP contribution in [0.15, 0.2) is 24.4 Å². The highest BCUT2D eigenvalue weighted by Crippen LogP contribution is 2.36. The molecule has 1 aromatic heterocycles.